The minimum Gasteiger partial charge on any atom is -0.497 e. The monoisotopic (exact) mass is 497 g/mol. The molecule has 0 radical (unpaired) electrons. The molecule has 0 aromatic heterocycles. The van der Waals surface area contributed by atoms with E-state index >= 15 is 0 Å². The number of halogens is 2. The summed E-state index contributed by atoms with van der Waals surface area (Å²) in [6.45, 7) is 0.0418. The molecule has 0 fully saturated rings. The lowest BCUT2D eigenvalue weighted by molar-refractivity contribution is -0.384. The Labute approximate surface area is 205 Å². The van der Waals surface area contributed by atoms with Crippen molar-refractivity contribution in [1.82, 2.24) is 0 Å². The van der Waals surface area contributed by atoms with Gasteiger partial charge in [0.1, 0.15) is 29.7 Å². The van der Waals surface area contributed by atoms with E-state index in [0.29, 0.717) is 22.6 Å². The predicted molar refractivity (Wildman–Crippen MR) is 129 cm³/mol. The zero-order valence-electron chi connectivity index (χ0n) is 17.7. The Morgan fingerprint density at radius 3 is 2.41 bits per heavy atom. The van der Waals surface area contributed by atoms with E-state index in [1.54, 1.807) is 36.4 Å². The molecule has 0 saturated heterocycles. The molecule has 0 aliphatic rings. The second kappa shape index (κ2) is 11.2. The molecule has 0 aliphatic heterocycles. The average molecular weight is 498 g/mol. The van der Waals surface area contributed by atoms with Crippen LogP contribution >= 0.6 is 23.2 Å². The minimum atomic E-state index is -0.634. The molecule has 0 spiro atoms. The maximum atomic E-state index is 12.7. The lowest BCUT2D eigenvalue weighted by Gasteiger charge is -2.13. The lowest BCUT2D eigenvalue weighted by Crippen LogP contribution is -2.13. The number of rotatable bonds is 8. The van der Waals surface area contributed by atoms with E-state index in [2.05, 4.69) is 5.32 Å². The van der Waals surface area contributed by atoms with Crippen LogP contribution in [0.3, 0.4) is 0 Å². The summed E-state index contributed by atoms with van der Waals surface area (Å²) in [6.07, 6.45) is 1.32. The Balaban J connectivity index is 1.84. The summed E-state index contributed by atoms with van der Waals surface area (Å²) in [5.74, 6) is 0.192. The van der Waals surface area contributed by atoms with Crippen molar-refractivity contribution in [2.24, 2.45) is 0 Å². The maximum Gasteiger partial charge on any atom is 0.269 e. The molecular weight excluding hydrogens is 481 g/mol. The van der Waals surface area contributed by atoms with E-state index in [9.17, 15) is 20.2 Å². The number of amides is 1. The van der Waals surface area contributed by atoms with Gasteiger partial charge >= 0.3 is 0 Å². The number of hydrogen-bond donors (Lipinski definition) is 1. The number of hydrogen-bond acceptors (Lipinski definition) is 6. The normalized spacial score (nSPS) is 10.8. The molecule has 3 aromatic carbocycles. The van der Waals surface area contributed by atoms with Crippen molar-refractivity contribution < 1.29 is 19.2 Å². The summed E-state index contributed by atoms with van der Waals surface area (Å²) < 4.78 is 10.9. The summed E-state index contributed by atoms with van der Waals surface area (Å²) >= 11 is 12.4. The SMILES string of the molecule is COc1ccc(NC(=O)/C(C#N)=C/c2cc(Cl)cc(Cl)c2OCc2ccc([N+](=O)[O-])cc2)cc1. The Morgan fingerprint density at radius 2 is 1.82 bits per heavy atom. The molecule has 8 nitrogen and oxygen atoms in total. The molecule has 0 aliphatic carbocycles. The highest BCUT2D eigenvalue weighted by Crippen LogP contribution is 2.34. The largest absolute Gasteiger partial charge is 0.497 e. The van der Waals surface area contributed by atoms with Crippen LogP contribution in [-0.4, -0.2) is 17.9 Å². The number of nitro benzene ring substituents is 1. The number of methoxy groups -OCH3 is 1. The molecule has 0 unspecified atom stereocenters. The fourth-order valence-electron chi connectivity index (χ4n) is 2.89. The Morgan fingerprint density at radius 1 is 1.15 bits per heavy atom. The second-order valence-corrected chi connectivity index (χ2v) is 7.71. The first-order chi connectivity index (χ1) is 16.3. The standard InChI is InChI=1S/C24H17Cl2N3O5/c1-33-21-8-4-19(5-9-21)28-24(30)17(13-27)10-16-11-18(25)12-22(26)23(16)34-14-15-2-6-20(7-3-15)29(31)32/h2-12H,14H2,1H3,(H,28,30)/b17-10+. The zero-order chi connectivity index (χ0) is 24.7. The molecule has 34 heavy (non-hydrogen) atoms. The minimum absolute atomic E-state index is 0.0418. The van der Waals surface area contributed by atoms with Crippen LogP contribution in [0.1, 0.15) is 11.1 Å². The first-order valence-corrected chi connectivity index (χ1v) is 10.5. The number of ether oxygens (including phenoxy) is 2. The van der Waals surface area contributed by atoms with Crippen molar-refractivity contribution in [3.05, 3.63) is 97.5 Å². The molecule has 172 valence electrons. The molecule has 0 heterocycles. The number of benzene rings is 3. The zero-order valence-corrected chi connectivity index (χ0v) is 19.3. The van der Waals surface area contributed by atoms with Crippen molar-refractivity contribution in [2.75, 3.05) is 12.4 Å². The van der Waals surface area contributed by atoms with Gasteiger partial charge in [0, 0.05) is 28.4 Å². The van der Waals surface area contributed by atoms with Crippen LogP contribution in [0, 0.1) is 21.4 Å². The van der Waals surface area contributed by atoms with Crippen LogP contribution in [0.15, 0.2) is 66.2 Å². The fraction of sp³-hybridized carbons (Fsp3) is 0.0833. The van der Waals surface area contributed by atoms with Crippen LogP contribution in [0.5, 0.6) is 11.5 Å². The summed E-state index contributed by atoms with van der Waals surface area (Å²) in [7, 11) is 1.53. The van der Waals surface area contributed by atoms with E-state index in [-0.39, 0.29) is 33.7 Å². The van der Waals surface area contributed by atoms with Gasteiger partial charge < -0.3 is 14.8 Å². The van der Waals surface area contributed by atoms with Crippen LogP contribution in [0.4, 0.5) is 11.4 Å². The topological polar surface area (TPSA) is 114 Å². The first kappa shape index (κ1) is 24.6. The van der Waals surface area contributed by atoms with Gasteiger partial charge in [-0.15, -0.1) is 0 Å². The van der Waals surface area contributed by atoms with Gasteiger partial charge in [-0.1, -0.05) is 23.2 Å². The van der Waals surface area contributed by atoms with Gasteiger partial charge in [-0.2, -0.15) is 5.26 Å². The molecule has 3 rings (SSSR count). The summed E-state index contributed by atoms with van der Waals surface area (Å²) in [6, 6.07) is 17.3. The van der Waals surface area contributed by atoms with Gasteiger partial charge in [-0.05, 0) is 60.2 Å². The molecule has 0 bridgehead atoms. The third-order valence-electron chi connectivity index (χ3n) is 4.58. The lowest BCUT2D eigenvalue weighted by atomic mass is 10.1. The van der Waals surface area contributed by atoms with Gasteiger partial charge in [0.15, 0.2) is 0 Å². The number of nitrogens with zero attached hydrogens (tertiary/aromatic N) is 2. The van der Waals surface area contributed by atoms with E-state index in [0.717, 1.165) is 0 Å². The van der Waals surface area contributed by atoms with Gasteiger partial charge in [0.2, 0.25) is 0 Å². The summed E-state index contributed by atoms with van der Waals surface area (Å²) in [5, 5.41) is 23.5. The number of carbonyl (C=O) groups is 1. The number of nitrogens with one attached hydrogen (secondary N) is 1. The highest BCUT2D eigenvalue weighted by Gasteiger charge is 2.15. The number of nitro groups is 1. The smallest absolute Gasteiger partial charge is 0.269 e. The molecule has 1 amide bonds. The molecular formula is C24H17Cl2N3O5. The first-order valence-electron chi connectivity index (χ1n) is 9.73. The number of carbonyl (C=O) groups excluding carboxylic acids is 1. The van der Waals surface area contributed by atoms with Crippen LogP contribution in [0.25, 0.3) is 6.08 Å². The average Bonchev–Trinajstić information content (AvgIpc) is 2.82. The van der Waals surface area contributed by atoms with Crippen molar-refractivity contribution in [2.45, 2.75) is 6.61 Å². The Kier molecular flexibility index (Phi) is 8.09. The van der Waals surface area contributed by atoms with Gasteiger partial charge in [0.05, 0.1) is 17.1 Å². The van der Waals surface area contributed by atoms with Crippen LogP contribution in [0.2, 0.25) is 10.0 Å². The summed E-state index contributed by atoms with van der Waals surface area (Å²) in [5.41, 5.74) is 1.21. The highest BCUT2D eigenvalue weighted by molar-refractivity contribution is 6.36. The second-order valence-electron chi connectivity index (χ2n) is 6.87. The molecule has 10 heteroatoms. The highest BCUT2D eigenvalue weighted by atomic mass is 35.5. The van der Waals surface area contributed by atoms with Crippen molar-refractivity contribution in [1.29, 1.82) is 5.26 Å². The quantitative estimate of drug-likeness (QED) is 0.175. The van der Waals surface area contributed by atoms with E-state index in [1.807, 2.05) is 6.07 Å². The third-order valence-corrected chi connectivity index (χ3v) is 5.08. The molecule has 3 aromatic rings. The molecule has 0 saturated carbocycles. The van der Waals surface area contributed by atoms with Crippen LogP contribution < -0.4 is 14.8 Å². The number of non-ortho nitro benzene ring substituents is 1. The molecule has 0 atom stereocenters. The number of anilines is 1. The van der Waals surface area contributed by atoms with Gasteiger partial charge in [-0.25, -0.2) is 0 Å². The van der Waals surface area contributed by atoms with Gasteiger partial charge in [-0.3, -0.25) is 14.9 Å². The van der Waals surface area contributed by atoms with Gasteiger partial charge in [0.25, 0.3) is 11.6 Å². The third kappa shape index (κ3) is 6.25. The van der Waals surface area contributed by atoms with Crippen molar-refractivity contribution in [3.63, 3.8) is 0 Å². The van der Waals surface area contributed by atoms with Crippen molar-refractivity contribution in [3.8, 4) is 17.6 Å². The maximum absolute atomic E-state index is 12.7. The Hall–Kier alpha value is -4.06. The van der Waals surface area contributed by atoms with E-state index in [4.69, 9.17) is 32.7 Å². The Bertz CT molecular complexity index is 1280. The van der Waals surface area contributed by atoms with Crippen LogP contribution in [-0.2, 0) is 11.4 Å². The summed E-state index contributed by atoms with van der Waals surface area (Å²) in [4.78, 5) is 23.0. The fourth-order valence-corrected chi connectivity index (χ4v) is 3.45. The van der Waals surface area contributed by atoms with E-state index in [1.165, 1.54) is 37.5 Å². The molecule has 1 N–H and O–H groups in total. The van der Waals surface area contributed by atoms with Crippen molar-refractivity contribution >= 4 is 46.6 Å². The van der Waals surface area contributed by atoms with E-state index < -0.39 is 10.8 Å². The number of nitriles is 1. The predicted octanol–water partition coefficient (Wildman–Crippen LogP) is 6.03.